The van der Waals surface area contributed by atoms with Crippen molar-refractivity contribution >= 4 is 29.9 Å². The van der Waals surface area contributed by atoms with Gasteiger partial charge in [-0.1, -0.05) is 11.6 Å². The summed E-state index contributed by atoms with van der Waals surface area (Å²) in [4.78, 5) is 16.6. The SMILES string of the molecule is CNC(C)CNC(=O)c1nc(-n2nc(C)cc2C)ccc1Cl.Cl. The summed E-state index contributed by atoms with van der Waals surface area (Å²) in [7, 11) is 1.84. The number of hydrogen-bond donors (Lipinski definition) is 2. The molecule has 0 aromatic carbocycles. The summed E-state index contributed by atoms with van der Waals surface area (Å²) >= 11 is 6.10. The molecule has 2 N–H and O–H groups in total. The molecule has 6 nitrogen and oxygen atoms in total. The first kappa shape index (κ1) is 19.4. The molecule has 0 fully saturated rings. The largest absolute Gasteiger partial charge is 0.349 e. The van der Waals surface area contributed by atoms with Gasteiger partial charge < -0.3 is 10.6 Å². The van der Waals surface area contributed by atoms with Gasteiger partial charge in [0.05, 0.1) is 10.7 Å². The van der Waals surface area contributed by atoms with E-state index >= 15 is 0 Å². The summed E-state index contributed by atoms with van der Waals surface area (Å²) in [6.07, 6.45) is 0. The van der Waals surface area contributed by atoms with Gasteiger partial charge in [-0.3, -0.25) is 4.79 Å². The molecule has 0 saturated heterocycles. The molecular weight excluding hydrogens is 337 g/mol. The van der Waals surface area contributed by atoms with Gasteiger partial charge in [0.15, 0.2) is 5.82 Å². The van der Waals surface area contributed by atoms with Crippen molar-refractivity contribution in [3.05, 3.63) is 40.3 Å². The molecule has 0 radical (unpaired) electrons. The Labute approximate surface area is 147 Å². The van der Waals surface area contributed by atoms with E-state index in [1.807, 2.05) is 33.9 Å². The molecule has 0 spiro atoms. The highest BCUT2D eigenvalue weighted by Crippen LogP contribution is 2.17. The maximum atomic E-state index is 12.2. The second-order valence-electron chi connectivity index (χ2n) is 5.24. The fourth-order valence-corrected chi connectivity index (χ4v) is 2.19. The Morgan fingerprint density at radius 1 is 1.39 bits per heavy atom. The quantitative estimate of drug-likeness (QED) is 0.860. The van der Waals surface area contributed by atoms with Crippen molar-refractivity contribution in [1.29, 1.82) is 0 Å². The van der Waals surface area contributed by atoms with E-state index in [0.717, 1.165) is 11.4 Å². The minimum absolute atomic E-state index is 0. The fourth-order valence-electron chi connectivity index (χ4n) is 2.00. The maximum absolute atomic E-state index is 12.2. The van der Waals surface area contributed by atoms with Crippen molar-refractivity contribution in [3.63, 3.8) is 0 Å². The molecule has 2 rings (SSSR count). The Balaban J connectivity index is 0.00000264. The van der Waals surface area contributed by atoms with Gasteiger partial charge in [-0.15, -0.1) is 12.4 Å². The van der Waals surface area contributed by atoms with E-state index in [0.29, 0.717) is 17.4 Å². The molecule has 0 aliphatic heterocycles. The second kappa shape index (κ2) is 8.29. The number of nitrogens with one attached hydrogen (secondary N) is 2. The third kappa shape index (κ3) is 4.67. The van der Waals surface area contributed by atoms with Crippen molar-refractivity contribution in [3.8, 4) is 5.82 Å². The molecule has 0 saturated carbocycles. The van der Waals surface area contributed by atoms with Crippen molar-refractivity contribution in [1.82, 2.24) is 25.4 Å². The first-order valence-electron chi connectivity index (χ1n) is 7.08. The average Bonchev–Trinajstić information content (AvgIpc) is 2.83. The number of carbonyl (C=O) groups excluding carboxylic acids is 1. The monoisotopic (exact) mass is 357 g/mol. The van der Waals surface area contributed by atoms with E-state index in [1.165, 1.54) is 0 Å². The molecule has 0 bridgehead atoms. The highest BCUT2D eigenvalue weighted by molar-refractivity contribution is 6.33. The number of carbonyl (C=O) groups is 1. The lowest BCUT2D eigenvalue weighted by Crippen LogP contribution is -2.37. The molecule has 1 unspecified atom stereocenters. The first-order chi connectivity index (χ1) is 10.4. The van der Waals surface area contributed by atoms with Crippen LogP contribution >= 0.6 is 24.0 Å². The second-order valence-corrected chi connectivity index (χ2v) is 5.65. The zero-order valence-electron chi connectivity index (χ0n) is 13.6. The molecule has 126 valence electrons. The molecule has 8 heteroatoms. The minimum Gasteiger partial charge on any atom is -0.349 e. The topological polar surface area (TPSA) is 71.8 Å². The zero-order valence-corrected chi connectivity index (χ0v) is 15.1. The van der Waals surface area contributed by atoms with E-state index in [-0.39, 0.29) is 30.0 Å². The van der Waals surface area contributed by atoms with Crippen molar-refractivity contribution < 1.29 is 4.79 Å². The molecule has 2 aromatic rings. The molecule has 1 atom stereocenters. The van der Waals surface area contributed by atoms with Crippen LogP contribution in [0.5, 0.6) is 0 Å². The van der Waals surface area contributed by atoms with Gasteiger partial charge >= 0.3 is 0 Å². The van der Waals surface area contributed by atoms with Crippen molar-refractivity contribution in [2.75, 3.05) is 13.6 Å². The van der Waals surface area contributed by atoms with Gasteiger partial charge in [-0.2, -0.15) is 5.10 Å². The lowest BCUT2D eigenvalue weighted by molar-refractivity contribution is 0.0945. The number of aromatic nitrogens is 3. The first-order valence-corrected chi connectivity index (χ1v) is 7.45. The minimum atomic E-state index is -0.296. The van der Waals surface area contributed by atoms with Crippen molar-refractivity contribution in [2.24, 2.45) is 0 Å². The molecule has 2 heterocycles. The predicted octanol–water partition coefficient (Wildman–Crippen LogP) is 2.30. The van der Waals surface area contributed by atoms with Crippen LogP contribution in [0.4, 0.5) is 0 Å². The van der Waals surface area contributed by atoms with Crippen LogP contribution in [-0.4, -0.2) is 40.3 Å². The van der Waals surface area contributed by atoms with Crippen LogP contribution in [0.1, 0.15) is 28.8 Å². The summed E-state index contributed by atoms with van der Waals surface area (Å²) in [6, 6.07) is 5.53. The van der Waals surface area contributed by atoms with Gasteiger partial charge in [0, 0.05) is 18.3 Å². The normalized spacial score (nSPS) is 11.7. The molecule has 2 aromatic heterocycles. The number of halogens is 2. The van der Waals surface area contributed by atoms with Gasteiger partial charge in [0.1, 0.15) is 5.69 Å². The van der Waals surface area contributed by atoms with E-state index in [4.69, 9.17) is 11.6 Å². The number of rotatable bonds is 5. The van der Waals surface area contributed by atoms with Crippen LogP contribution in [0, 0.1) is 13.8 Å². The Morgan fingerprint density at radius 2 is 2.09 bits per heavy atom. The van der Waals surface area contributed by atoms with Crippen molar-refractivity contribution in [2.45, 2.75) is 26.8 Å². The van der Waals surface area contributed by atoms with Crippen LogP contribution in [0.25, 0.3) is 5.82 Å². The molecule has 0 aliphatic rings. The Kier molecular flexibility index (Phi) is 7.00. The highest BCUT2D eigenvalue weighted by Gasteiger charge is 2.15. The maximum Gasteiger partial charge on any atom is 0.271 e. The number of likely N-dealkylation sites (N-methyl/N-ethyl adjacent to an activating group) is 1. The lowest BCUT2D eigenvalue weighted by Gasteiger charge is -2.12. The molecular formula is C15H21Cl2N5O. The van der Waals surface area contributed by atoms with Crippen LogP contribution in [0.15, 0.2) is 18.2 Å². The van der Waals surface area contributed by atoms with Gasteiger partial charge in [-0.05, 0) is 46.0 Å². The lowest BCUT2D eigenvalue weighted by atomic mass is 10.3. The van der Waals surface area contributed by atoms with Crippen LogP contribution < -0.4 is 10.6 Å². The average molecular weight is 358 g/mol. The number of pyridine rings is 1. The van der Waals surface area contributed by atoms with Gasteiger partial charge in [0.2, 0.25) is 0 Å². The van der Waals surface area contributed by atoms with Gasteiger partial charge in [-0.25, -0.2) is 9.67 Å². The number of hydrogen-bond acceptors (Lipinski definition) is 4. The highest BCUT2D eigenvalue weighted by atomic mass is 35.5. The Bertz CT molecular complexity index is 687. The molecule has 0 aliphatic carbocycles. The van der Waals surface area contributed by atoms with Crippen LogP contribution in [-0.2, 0) is 0 Å². The molecule has 23 heavy (non-hydrogen) atoms. The number of amides is 1. The van der Waals surface area contributed by atoms with Crippen LogP contribution in [0.2, 0.25) is 5.02 Å². The molecule has 1 amide bonds. The summed E-state index contributed by atoms with van der Waals surface area (Å²) in [5, 5.41) is 10.5. The van der Waals surface area contributed by atoms with E-state index in [9.17, 15) is 4.79 Å². The summed E-state index contributed by atoms with van der Waals surface area (Å²) in [5.41, 5.74) is 2.04. The smallest absolute Gasteiger partial charge is 0.271 e. The Morgan fingerprint density at radius 3 is 2.65 bits per heavy atom. The summed E-state index contributed by atoms with van der Waals surface area (Å²) < 4.78 is 1.69. The zero-order chi connectivity index (χ0) is 16.3. The van der Waals surface area contributed by atoms with E-state index < -0.39 is 0 Å². The third-order valence-corrected chi connectivity index (χ3v) is 3.64. The van der Waals surface area contributed by atoms with E-state index in [2.05, 4.69) is 20.7 Å². The fraction of sp³-hybridized carbons (Fsp3) is 0.400. The number of aryl methyl sites for hydroxylation is 2. The number of nitrogens with zero attached hydrogens (tertiary/aromatic N) is 3. The van der Waals surface area contributed by atoms with E-state index in [1.54, 1.807) is 16.8 Å². The predicted molar refractivity (Wildman–Crippen MR) is 93.9 cm³/mol. The summed E-state index contributed by atoms with van der Waals surface area (Å²) in [6.45, 7) is 6.32. The summed E-state index contributed by atoms with van der Waals surface area (Å²) in [5.74, 6) is 0.275. The van der Waals surface area contributed by atoms with Crippen LogP contribution in [0.3, 0.4) is 0 Å². The third-order valence-electron chi connectivity index (χ3n) is 3.33. The standard InChI is InChI=1S/C15H20ClN5O.ClH/c1-9-7-11(3)21(20-9)13-6-5-12(16)14(19-13)15(22)18-8-10(2)17-4;/h5-7,10,17H,8H2,1-4H3,(H,18,22);1H. The Hall–Kier alpha value is -1.63. The van der Waals surface area contributed by atoms with Gasteiger partial charge in [0.25, 0.3) is 5.91 Å².